The second kappa shape index (κ2) is 9.76. The molecule has 0 bridgehead atoms. The van der Waals surface area contributed by atoms with E-state index in [9.17, 15) is 10.1 Å². The van der Waals surface area contributed by atoms with E-state index in [1.165, 1.54) is 11.8 Å². The van der Waals surface area contributed by atoms with Crippen molar-refractivity contribution in [2.75, 3.05) is 0 Å². The normalized spacial score (nSPS) is 11.3. The summed E-state index contributed by atoms with van der Waals surface area (Å²) in [6.07, 6.45) is 3.02. The number of nitrogens with zero attached hydrogens (tertiary/aromatic N) is 7. The van der Waals surface area contributed by atoms with Crippen LogP contribution >= 0.6 is 11.8 Å². The Balaban J connectivity index is 1.59. The highest BCUT2D eigenvalue weighted by Gasteiger charge is 2.20. The van der Waals surface area contributed by atoms with E-state index >= 15 is 0 Å². The summed E-state index contributed by atoms with van der Waals surface area (Å²) in [6, 6.07) is 19.7. The van der Waals surface area contributed by atoms with Gasteiger partial charge in [-0.25, -0.2) is 4.68 Å². The zero-order chi connectivity index (χ0) is 24.4. The maximum Gasteiger partial charge on any atom is 0.262 e. The van der Waals surface area contributed by atoms with Gasteiger partial charge < -0.3 is 0 Å². The summed E-state index contributed by atoms with van der Waals surface area (Å²) in [5.41, 5.74) is 3.69. The van der Waals surface area contributed by atoms with Crippen LogP contribution in [0.5, 0.6) is 0 Å². The van der Waals surface area contributed by atoms with Gasteiger partial charge in [0.15, 0.2) is 5.16 Å². The lowest BCUT2D eigenvalue weighted by Crippen LogP contribution is -2.23. The molecule has 0 atom stereocenters. The van der Waals surface area contributed by atoms with Gasteiger partial charge in [0, 0.05) is 12.3 Å². The second-order valence-electron chi connectivity index (χ2n) is 8.35. The van der Waals surface area contributed by atoms with Crippen LogP contribution in [0.4, 0.5) is 0 Å². The summed E-state index contributed by atoms with van der Waals surface area (Å²) in [6.45, 7) is 4.59. The largest absolute Gasteiger partial charge is 0.276 e. The Morgan fingerprint density at radius 1 is 1.03 bits per heavy atom. The van der Waals surface area contributed by atoms with Gasteiger partial charge in [-0.15, -0.1) is 10.2 Å². The number of hydrogen-bond donors (Lipinski definition) is 0. The van der Waals surface area contributed by atoms with E-state index in [4.69, 9.17) is 0 Å². The van der Waals surface area contributed by atoms with Crippen LogP contribution in [0.25, 0.3) is 22.4 Å². The summed E-state index contributed by atoms with van der Waals surface area (Å²) in [5.74, 6) is 1.02. The molecule has 0 spiro atoms. The van der Waals surface area contributed by atoms with E-state index < -0.39 is 0 Å². The Hall–Kier alpha value is -3.90. The Morgan fingerprint density at radius 3 is 2.57 bits per heavy atom. The standard InChI is InChI=1S/C26H25N7OS/c1-3-4-10-15-31-24(34)20-13-8-9-14-22(20)32-25(31)28-29-26(32)35-17-23-21(16-27)18(2)30-33(23)19-11-6-5-7-12-19/h5-9,11-14H,3-4,10,15,17H2,1-2H3. The zero-order valence-corrected chi connectivity index (χ0v) is 20.5. The number of fused-ring (bicyclic) bond motifs is 3. The molecule has 35 heavy (non-hydrogen) atoms. The predicted molar refractivity (Wildman–Crippen MR) is 137 cm³/mol. The van der Waals surface area contributed by atoms with Crippen molar-refractivity contribution in [2.45, 2.75) is 50.6 Å². The summed E-state index contributed by atoms with van der Waals surface area (Å²) in [5, 5.41) is 24.6. The molecule has 0 aliphatic carbocycles. The monoisotopic (exact) mass is 483 g/mol. The minimum atomic E-state index is -0.0438. The quantitative estimate of drug-likeness (QED) is 0.230. The van der Waals surface area contributed by atoms with Crippen LogP contribution in [0.15, 0.2) is 64.5 Å². The number of hydrogen-bond acceptors (Lipinski definition) is 6. The van der Waals surface area contributed by atoms with Crippen molar-refractivity contribution in [2.24, 2.45) is 0 Å². The van der Waals surface area contributed by atoms with Crippen molar-refractivity contribution in [3.63, 3.8) is 0 Å². The molecule has 0 radical (unpaired) electrons. The maximum atomic E-state index is 13.2. The highest BCUT2D eigenvalue weighted by atomic mass is 32.2. The minimum absolute atomic E-state index is 0.0438. The highest BCUT2D eigenvalue weighted by molar-refractivity contribution is 7.98. The number of aryl methyl sites for hydroxylation is 2. The van der Waals surface area contributed by atoms with Crippen LogP contribution in [-0.4, -0.2) is 28.9 Å². The molecule has 3 aromatic heterocycles. The van der Waals surface area contributed by atoms with Crippen LogP contribution in [0, 0.1) is 18.3 Å². The molecule has 0 saturated heterocycles. The van der Waals surface area contributed by atoms with Gasteiger partial charge in [0.1, 0.15) is 6.07 Å². The van der Waals surface area contributed by atoms with Gasteiger partial charge in [0.05, 0.1) is 33.5 Å². The molecule has 0 aliphatic rings. The van der Waals surface area contributed by atoms with Crippen molar-refractivity contribution in [3.8, 4) is 11.8 Å². The molecular weight excluding hydrogens is 458 g/mol. The predicted octanol–water partition coefficient (Wildman–Crippen LogP) is 4.89. The Labute approximate surface area is 206 Å². The van der Waals surface area contributed by atoms with Crippen molar-refractivity contribution < 1.29 is 0 Å². The molecule has 176 valence electrons. The summed E-state index contributed by atoms with van der Waals surface area (Å²) in [7, 11) is 0. The topological polar surface area (TPSA) is 93.8 Å². The van der Waals surface area contributed by atoms with Crippen LogP contribution in [-0.2, 0) is 12.3 Å². The number of unbranched alkanes of at least 4 members (excludes halogenated alkanes) is 2. The van der Waals surface area contributed by atoms with Gasteiger partial charge >= 0.3 is 0 Å². The third-order valence-electron chi connectivity index (χ3n) is 6.07. The summed E-state index contributed by atoms with van der Waals surface area (Å²) < 4.78 is 5.51. The molecule has 3 heterocycles. The lowest BCUT2D eigenvalue weighted by molar-refractivity contribution is 0.594. The molecule has 0 N–H and O–H groups in total. The Bertz CT molecular complexity index is 1610. The molecule has 0 aliphatic heterocycles. The number of nitriles is 1. The van der Waals surface area contributed by atoms with Gasteiger partial charge in [-0.3, -0.25) is 13.8 Å². The molecule has 0 fully saturated rings. The molecule has 5 rings (SSSR count). The van der Waals surface area contributed by atoms with Crippen LogP contribution in [0.3, 0.4) is 0 Å². The second-order valence-corrected chi connectivity index (χ2v) is 9.30. The van der Waals surface area contributed by atoms with E-state index in [0.29, 0.717) is 39.9 Å². The van der Waals surface area contributed by atoms with Crippen LogP contribution in [0.2, 0.25) is 0 Å². The fourth-order valence-electron chi connectivity index (χ4n) is 4.32. The molecule has 5 aromatic rings. The number of para-hydroxylation sites is 2. The fraction of sp³-hybridized carbons (Fsp3) is 0.269. The Morgan fingerprint density at radius 2 is 1.80 bits per heavy atom. The minimum Gasteiger partial charge on any atom is -0.276 e. The molecule has 0 unspecified atom stereocenters. The lowest BCUT2D eigenvalue weighted by atomic mass is 10.2. The average molecular weight is 484 g/mol. The molecule has 8 nitrogen and oxygen atoms in total. The molecular formula is C26H25N7OS. The van der Waals surface area contributed by atoms with E-state index in [2.05, 4.69) is 28.3 Å². The molecule has 9 heteroatoms. The van der Waals surface area contributed by atoms with E-state index in [-0.39, 0.29) is 5.56 Å². The van der Waals surface area contributed by atoms with E-state index in [1.54, 1.807) is 4.57 Å². The molecule has 0 amide bonds. The summed E-state index contributed by atoms with van der Waals surface area (Å²) in [4.78, 5) is 13.2. The van der Waals surface area contributed by atoms with Crippen molar-refractivity contribution >= 4 is 28.4 Å². The van der Waals surface area contributed by atoms with E-state index in [1.807, 2.05) is 70.6 Å². The van der Waals surface area contributed by atoms with Gasteiger partial charge in [-0.05, 0) is 37.6 Å². The van der Waals surface area contributed by atoms with Crippen molar-refractivity contribution in [3.05, 3.63) is 81.9 Å². The first-order chi connectivity index (χ1) is 17.1. The smallest absolute Gasteiger partial charge is 0.262 e. The van der Waals surface area contributed by atoms with Gasteiger partial charge in [-0.2, -0.15) is 10.4 Å². The number of aromatic nitrogens is 6. The third kappa shape index (κ3) is 4.10. The first kappa shape index (κ1) is 22.9. The van der Waals surface area contributed by atoms with Gasteiger partial charge in [0.2, 0.25) is 5.78 Å². The maximum absolute atomic E-state index is 13.2. The fourth-order valence-corrected chi connectivity index (χ4v) is 5.26. The zero-order valence-electron chi connectivity index (χ0n) is 19.7. The number of rotatable bonds is 8. The van der Waals surface area contributed by atoms with Crippen molar-refractivity contribution in [1.82, 2.24) is 28.9 Å². The van der Waals surface area contributed by atoms with Gasteiger partial charge in [-0.1, -0.05) is 61.9 Å². The molecule has 0 saturated carbocycles. The third-order valence-corrected chi connectivity index (χ3v) is 7.01. The van der Waals surface area contributed by atoms with E-state index in [0.717, 1.165) is 36.2 Å². The number of thioether (sulfide) groups is 1. The SMILES string of the molecule is CCCCCn1c(=O)c2ccccc2n2c(SCc3c(C#N)c(C)nn3-c3ccccc3)nnc12. The van der Waals surface area contributed by atoms with Gasteiger partial charge in [0.25, 0.3) is 5.56 Å². The van der Waals surface area contributed by atoms with Crippen LogP contribution in [0.1, 0.15) is 43.1 Å². The highest BCUT2D eigenvalue weighted by Crippen LogP contribution is 2.28. The average Bonchev–Trinajstić information content (AvgIpc) is 3.45. The number of benzene rings is 2. The first-order valence-electron chi connectivity index (χ1n) is 11.7. The Kier molecular flexibility index (Phi) is 6.38. The van der Waals surface area contributed by atoms with Crippen LogP contribution < -0.4 is 5.56 Å². The lowest BCUT2D eigenvalue weighted by Gasteiger charge is -2.11. The van der Waals surface area contributed by atoms with Crippen molar-refractivity contribution in [1.29, 1.82) is 5.26 Å². The first-order valence-corrected chi connectivity index (χ1v) is 12.7. The molecule has 2 aromatic carbocycles. The summed E-state index contributed by atoms with van der Waals surface area (Å²) >= 11 is 1.48.